The summed E-state index contributed by atoms with van der Waals surface area (Å²) in [5.74, 6) is 0.743. The van der Waals surface area contributed by atoms with Crippen LogP contribution in [0.25, 0.3) is 0 Å². The van der Waals surface area contributed by atoms with Crippen LogP contribution in [0.3, 0.4) is 0 Å². The first-order valence-corrected chi connectivity index (χ1v) is 3.35. The van der Waals surface area contributed by atoms with E-state index in [9.17, 15) is 0 Å². The van der Waals surface area contributed by atoms with Crippen LogP contribution >= 0.6 is 0 Å². The summed E-state index contributed by atoms with van der Waals surface area (Å²) in [5, 5.41) is 14.9. The number of nitrogens with one attached hydrogen (secondary N) is 1. The minimum atomic E-state index is -0.153. The van der Waals surface area contributed by atoms with E-state index in [1.54, 1.807) is 19.2 Å². The molecule has 0 aliphatic carbocycles. The highest BCUT2D eigenvalue weighted by Gasteiger charge is 1.99. The summed E-state index contributed by atoms with van der Waals surface area (Å²) in [6.45, 7) is 2.34. The van der Waals surface area contributed by atoms with Crippen molar-refractivity contribution in [1.82, 2.24) is 10.5 Å². The summed E-state index contributed by atoms with van der Waals surface area (Å²) in [7, 11) is 0. The summed E-state index contributed by atoms with van der Waals surface area (Å²) in [4.78, 5) is 0. The van der Waals surface area contributed by atoms with Gasteiger partial charge in [0.05, 0.1) is 24.9 Å². The van der Waals surface area contributed by atoms with E-state index in [-0.39, 0.29) is 6.04 Å². The molecule has 1 unspecified atom stereocenters. The fourth-order valence-corrected chi connectivity index (χ4v) is 0.633. The summed E-state index contributed by atoms with van der Waals surface area (Å²) in [6.07, 6.45) is 1.58. The Morgan fingerprint density at radius 1 is 1.91 bits per heavy atom. The summed E-state index contributed by atoms with van der Waals surface area (Å²) >= 11 is 0. The van der Waals surface area contributed by atoms with Gasteiger partial charge in [0.15, 0.2) is 0 Å². The highest BCUT2D eigenvalue weighted by atomic mass is 16.5. The maximum Gasteiger partial charge on any atom is 0.150 e. The van der Waals surface area contributed by atoms with Gasteiger partial charge in [-0.3, -0.25) is 5.32 Å². The van der Waals surface area contributed by atoms with Crippen LogP contribution in [0.5, 0.6) is 0 Å². The minimum Gasteiger partial charge on any atom is -0.360 e. The molecule has 58 valence electrons. The van der Waals surface area contributed by atoms with Crippen molar-refractivity contribution in [3.05, 3.63) is 18.0 Å². The third-order valence-corrected chi connectivity index (χ3v) is 1.27. The van der Waals surface area contributed by atoms with Crippen molar-refractivity contribution < 1.29 is 4.52 Å². The predicted molar refractivity (Wildman–Crippen MR) is 38.4 cm³/mol. The van der Waals surface area contributed by atoms with Crippen LogP contribution in [-0.2, 0) is 6.54 Å². The SMILES string of the molecule is CC(C#N)NCc1ccno1. The molecule has 0 amide bonds. The van der Waals surface area contributed by atoms with Gasteiger partial charge in [-0.1, -0.05) is 5.16 Å². The van der Waals surface area contributed by atoms with E-state index in [1.165, 1.54) is 0 Å². The number of nitriles is 1. The van der Waals surface area contributed by atoms with E-state index in [1.807, 2.05) is 0 Å². The number of hydrogen-bond donors (Lipinski definition) is 1. The molecule has 4 nitrogen and oxygen atoms in total. The van der Waals surface area contributed by atoms with Gasteiger partial charge < -0.3 is 4.52 Å². The third-order valence-electron chi connectivity index (χ3n) is 1.27. The molecule has 0 radical (unpaired) electrons. The first kappa shape index (κ1) is 7.76. The van der Waals surface area contributed by atoms with E-state index in [0.29, 0.717) is 6.54 Å². The average molecular weight is 151 g/mol. The van der Waals surface area contributed by atoms with Gasteiger partial charge in [0.2, 0.25) is 0 Å². The number of rotatable bonds is 3. The van der Waals surface area contributed by atoms with Gasteiger partial charge in [-0.25, -0.2) is 0 Å². The van der Waals surface area contributed by atoms with Crippen molar-refractivity contribution in [2.45, 2.75) is 19.5 Å². The van der Waals surface area contributed by atoms with Crippen molar-refractivity contribution in [2.75, 3.05) is 0 Å². The Balaban J connectivity index is 2.30. The molecule has 0 bridgehead atoms. The second kappa shape index (κ2) is 3.74. The molecule has 1 rings (SSSR count). The topological polar surface area (TPSA) is 61.9 Å². The van der Waals surface area contributed by atoms with Crippen LogP contribution in [0.2, 0.25) is 0 Å². The van der Waals surface area contributed by atoms with Gasteiger partial charge >= 0.3 is 0 Å². The maximum atomic E-state index is 8.40. The van der Waals surface area contributed by atoms with E-state index >= 15 is 0 Å². The Bertz CT molecular complexity index is 237. The quantitative estimate of drug-likeness (QED) is 0.689. The average Bonchev–Trinajstić information content (AvgIpc) is 2.52. The molecule has 4 heteroatoms. The molecule has 1 atom stereocenters. The third kappa shape index (κ3) is 2.40. The van der Waals surface area contributed by atoms with Crippen LogP contribution in [0.4, 0.5) is 0 Å². The normalized spacial score (nSPS) is 12.4. The Morgan fingerprint density at radius 2 is 2.73 bits per heavy atom. The summed E-state index contributed by atoms with van der Waals surface area (Å²) in [6, 6.07) is 3.66. The zero-order valence-electron chi connectivity index (χ0n) is 6.24. The van der Waals surface area contributed by atoms with Crippen molar-refractivity contribution in [3.8, 4) is 6.07 Å². The van der Waals surface area contributed by atoms with Gasteiger partial charge in [0.1, 0.15) is 5.76 Å². The van der Waals surface area contributed by atoms with E-state index in [4.69, 9.17) is 9.78 Å². The Kier molecular flexibility index (Phi) is 2.64. The maximum absolute atomic E-state index is 8.40. The molecule has 0 aromatic carbocycles. The molecule has 1 aromatic rings. The fraction of sp³-hybridized carbons (Fsp3) is 0.429. The van der Waals surface area contributed by atoms with Crippen LogP contribution in [0.1, 0.15) is 12.7 Å². The van der Waals surface area contributed by atoms with Crippen LogP contribution in [-0.4, -0.2) is 11.2 Å². The van der Waals surface area contributed by atoms with Gasteiger partial charge in [0.25, 0.3) is 0 Å². The highest BCUT2D eigenvalue weighted by Crippen LogP contribution is 1.95. The highest BCUT2D eigenvalue weighted by molar-refractivity contribution is 4.94. The molecule has 11 heavy (non-hydrogen) atoms. The molecule has 0 aliphatic rings. The molecule has 1 N–H and O–H groups in total. The van der Waals surface area contributed by atoms with E-state index < -0.39 is 0 Å². The summed E-state index contributed by atoms with van der Waals surface area (Å²) < 4.78 is 4.81. The zero-order chi connectivity index (χ0) is 8.10. The lowest BCUT2D eigenvalue weighted by atomic mass is 10.3. The van der Waals surface area contributed by atoms with Crippen molar-refractivity contribution >= 4 is 0 Å². The van der Waals surface area contributed by atoms with Crippen molar-refractivity contribution in [2.24, 2.45) is 0 Å². The molecule has 0 saturated heterocycles. The predicted octanol–water partition coefficient (Wildman–Crippen LogP) is 0.676. The van der Waals surface area contributed by atoms with Crippen molar-refractivity contribution in [3.63, 3.8) is 0 Å². The summed E-state index contributed by atoms with van der Waals surface area (Å²) in [5.41, 5.74) is 0. The molecule has 1 heterocycles. The van der Waals surface area contributed by atoms with Gasteiger partial charge in [-0.2, -0.15) is 5.26 Å². The number of hydrogen-bond acceptors (Lipinski definition) is 4. The Labute approximate surface area is 64.8 Å². The Morgan fingerprint density at radius 3 is 3.27 bits per heavy atom. The molecular weight excluding hydrogens is 142 g/mol. The van der Waals surface area contributed by atoms with Gasteiger partial charge in [-0.05, 0) is 6.92 Å². The fourth-order valence-electron chi connectivity index (χ4n) is 0.633. The molecule has 1 aromatic heterocycles. The molecular formula is C7H9N3O. The standard InChI is InChI=1S/C7H9N3O/c1-6(4-8)9-5-7-2-3-10-11-7/h2-3,6,9H,5H2,1H3. The monoisotopic (exact) mass is 151 g/mol. The van der Waals surface area contributed by atoms with Crippen LogP contribution < -0.4 is 5.32 Å². The van der Waals surface area contributed by atoms with Gasteiger partial charge in [0, 0.05) is 6.07 Å². The van der Waals surface area contributed by atoms with Crippen LogP contribution in [0.15, 0.2) is 16.8 Å². The second-order valence-electron chi connectivity index (χ2n) is 2.21. The first-order chi connectivity index (χ1) is 5.33. The number of nitrogens with zero attached hydrogens (tertiary/aromatic N) is 2. The molecule has 0 spiro atoms. The second-order valence-corrected chi connectivity index (χ2v) is 2.21. The number of aromatic nitrogens is 1. The molecule has 0 fully saturated rings. The largest absolute Gasteiger partial charge is 0.360 e. The van der Waals surface area contributed by atoms with E-state index in [2.05, 4.69) is 16.5 Å². The molecule has 0 saturated carbocycles. The van der Waals surface area contributed by atoms with Gasteiger partial charge in [-0.15, -0.1) is 0 Å². The lowest BCUT2D eigenvalue weighted by Crippen LogP contribution is -2.23. The lowest BCUT2D eigenvalue weighted by Gasteiger charge is -2.00. The Hall–Kier alpha value is -1.34. The molecule has 0 aliphatic heterocycles. The smallest absolute Gasteiger partial charge is 0.150 e. The first-order valence-electron chi connectivity index (χ1n) is 3.35. The van der Waals surface area contributed by atoms with Crippen molar-refractivity contribution in [1.29, 1.82) is 5.26 Å². The lowest BCUT2D eigenvalue weighted by molar-refractivity contribution is 0.370. The van der Waals surface area contributed by atoms with Crippen LogP contribution in [0, 0.1) is 11.3 Å². The zero-order valence-corrected chi connectivity index (χ0v) is 6.24. The minimum absolute atomic E-state index is 0.153. The van der Waals surface area contributed by atoms with E-state index in [0.717, 1.165) is 5.76 Å².